The number of hydrogen-bond donors (Lipinski definition) is 0. The molecule has 0 amide bonds. The van der Waals surface area contributed by atoms with Gasteiger partial charge in [0, 0.05) is 7.11 Å². The van der Waals surface area contributed by atoms with Crippen LogP contribution in [-0.2, 0) is 4.74 Å². The fraction of sp³-hybridized carbons (Fsp3) is 0.458. The summed E-state index contributed by atoms with van der Waals surface area (Å²) in [5, 5.41) is 0. The van der Waals surface area contributed by atoms with Crippen LogP contribution in [0.1, 0.15) is 74.4 Å². The van der Waals surface area contributed by atoms with Gasteiger partial charge in [0.15, 0.2) is 0 Å². The predicted molar refractivity (Wildman–Crippen MR) is 112 cm³/mol. The zero-order valence-corrected chi connectivity index (χ0v) is 17.3. The Balaban J connectivity index is 1.76. The van der Waals surface area contributed by atoms with E-state index in [9.17, 15) is 4.79 Å². The van der Waals surface area contributed by atoms with Gasteiger partial charge in [-0.3, -0.25) is 0 Å². The minimum Gasteiger partial charge on any atom is -0.494 e. The number of carbonyl (C=O) groups is 1. The normalized spacial score (nSPS) is 11.8. The molecule has 0 aromatic heterocycles. The van der Waals surface area contributed by atoms with E-state index >= 15 is 0 Å². The highest BCUT2D eigenvalue weighted by molar-refractivity contribution is 5.91. The Morgan fingerprint density at radius 3 is 2.11 bits per heavy atom. The van der Waals surface area contributed by atoms with E-state index in [1.54, 1.807) is 31.4 Å². The van der Waals surface area contributed by atoms with E-state index in [0.29, 0.717) is 17.9 Å². The monoisotopic (exact) mass is 384 g/mol. The van der Waals surface area contributed by atoms with Crippen molar-refractivity contribution in [3.63, 3.8) is 0 Å². The lowest BCUT2D eigenvalue weighted by Gasteiger charge is -2.11. The molecule has 0 N–H and O–H groups in total. The second-order valence-electron chi connectivity index (χ2n) is 6.98. The molecule has 0 fully saturated rings. The third-order valence-corrected chi connectivity index (χ3v) is 4.77. The van der Waals surface area contributed by atoms with Crippen LogP contribution in [0.4, 0.5) is 0 Å². The van der Waals surface area contributed by atoms with Crippen LogP contribution < -0.4 is 9.47 Å². The third kappa shape index (κ3) is 7.35. The van der Waals surface area contributed by atoms with Crippen LogP contribution >= 0.6 is 0 Å². The summed E-state index contributed by atoms with van der Waals surface area (Å²) >= 11 is 0. The molecule has 1 unspecified atom stereocenters. The maximum absolute atomic E-state index is 12.3. The highest BCUT2D eigenvalue weighted by Crippen LogP contribution is 2.21. The molecule has 0 saturated carbocycles. The highest BCUT2D eigenvalue weighted by Gasteiger charge is 2.10. The Bertz CT molecular complexity index is 692. The maximum Gasteiger partial charge on any atom is 0.343 e. The second-order valence-corrected chi connectivity index (χ2v) is 6.98. The molecule has 2 rings (SSSR count). The lowest BCUT2D eigenvalue weighted by molar-refractivity contribution is 0.0734. The van der Waals surface area contributed by atoms with Crippen LogP contribution in [0.5, 0.6) is 11.5 Å². The summed E-state index contributed by atoms with van der Waals surface area (Å²) in [7, 11) is 1.67. The molecule has 0 aliphatic rings. The van der Waals surface area contributed by atoms with Gasteiger partial charge >= 0.3 is 5.97 Å². The molecule has 0 spiro atoms. The molecule has 2 aromatic carbocycles. The van der Waals surface area contributed by atoms with Gasteiger partial charge in [-0.25, -0.2) is 4.79 Å². The quantitative estimate of drug-likeness (QED) is 0.243. The Hall–Kier alpha value is -2.33. The van der Waals surface area contributed by atoms with Crippen molar-refractivity contribution in [2.75, 3.05) is 13.7 Å². The first kappa shape index (κ1) is 22.0. The van der Waals surface area contributed by atoms with E-state index in [1.807, 2.05) is 31.2 Å². The smallest absolute Gasteiger partial charge is 0.343 e. The van der Waals surface area contributed by atoms with E-state index in [-0.39, 0.29) is 12.1 Å². The van der Waals surface area contributed by atoms with Crippen molar-refractivity contribution in [3.05, 3.63) is 59.7 Å². The first-order chi connectivity index (χ1) is 13.6. The van der Waals surface area contributed by atoms with Gasteiger partial charge in [-0.15, -0.1) is 0 Å². The number of ether oxygens (including phenoxy) is 3. The van der Waals surface area contributed by atoms with Crippen LogP contribution in [0.15, 0.2) is 48.5 Å². The largest absolute Gasteiger partial charge is 0.494 e. The van der Waals surface area contributed by atoms with Crippen molar-refractivity contribution in [2.45, 2.75) is 58.5 Å². The molecule has 4 nitrogen and oxygen atoms in total. The average molecular weight is 385 g/mol. The number of esters is 1. The van der Waals surface area contributed by atoms with Crippen molar-refractivity contribution < 1.29 is 19.0 Å². The van der Waals surface area contributed by atoms with Gasteiger partial charge in [0.1, 0.15) is 11.5 Å². The lowest BCUT2D eigenvalue weighted by Crippen LogP contribution is -2.08. The summed E-state index contributed by atoms with van der Waals surface area (Å²) in [5.74, 6) is 0.915. The van der Waals surface area contributed by atoms with Gasteiger partial charge in [-0.1, -0.05) is 51.2 Å². The van der Waals surface area contributed by atoms with Crippen LogP contribution in [0.25, 0.3) is 0 Å². The summed E-state index contributed by atoms with van der Waals surface area (Å²) in [6.45, 7) is 4.90. The van der Waals surface area contributed by atoms with Gasteiger partial charge in [0.25, 0.3) is 0 Å². The van der Waals surface area contributed by atoms with Crippen molar-refractivity contribution in [2.24, 2.45) is 0 Å². The Morgan fingerprint density at radius 2 is 1.46 bits per heavy atom. The summed E-state index contributed by atoms with van der Waals surface area (Å²) in [6, 6.07) is 14.5. The van der Waals surface area contributed by atoms with Crippen molar-refractivity contribution >= 4 is 5.97 Å². The van der Waals surface area contributed by atoms with Gasteiger partial charge < -0.3 is 14.2 Å². The van der Waals surface area contributed by atoms with E-state index in [1.165, 1.54) is 32.1 Å². The van der Waals surface area contributed by atoms with Crippen molar-refractivity contribution in [3.8, 4) is 11.5 Å². The summed E-state index contributed by atoms with van der Waals surface area (Å²) in [5.41, 5.74) is 1.54. The van der Waals surface area contributed by atoms with Crippen molar-refractivity contribution in [1.29, 1.82) is 0 Å². The number of unbranched alkanes of at least 4 members (excludes halogenated alkanes) is 5. The molecule has 152 valence electrons. The molecule has 0 bridgehead atoms. The number of benzene rings is 2. The first-order valence-corrected chi connectivity index (χ1v) is 10.2. The minimum atomic E-state index is -0.380. The molecule has 0 heterocycles. The van der Waals surface area contributed by atoms with E-state index in [0.717, 1.165) is 17.7 Å². The van der Waals surface area contributed by atoms with Crippen molar-refractivity contribution in [1.82, 2.24) is 0 Å². The topological polar surface area (TPSA) is 44.8 Å². The van der Waals surface area contributed by atoms with Gasteiger partial charge in [-0.05, 0) is 55.3 Å². The molecular weight excluding hydrogens is 352 g/mol. The number of carbonyl (C=O) groups excluding carboxylic acids is 1. The van der Waals surface area contributed by atoms with Gasteiger partial charge in [-0.2, -0.15) is 0 Å². The van der Waals surface area contributed by atoms with Gasteiger partial charge in [0.05, 0.1) is 18.3 Å². The molecule has 0 saturated heterocycles. The van der Waals surface area contributed by atoms with E-state index in [4.69, 9.17) is 14.2 Å². The molecule has 4 heteroatoms. The maximum atomic E-state index is 12.3. The van der Waals surface area contributed by atoms with Crippen LogP contribution in [0.2, 0.25) is 0 Å². The molecule has 1 atom stereocenters. The van der Waals surface area contributed by atoms with Gasteiger partial charge in [0.2, 0.25) is 0 Å². The molecular formula is C24H32O4. The first-order valence-electron chi connectivity index (χ1n) is 10.2. The number of hydrogen-bond acceptors (Lipinski definition) is 4. The van der Waals surface area contributed by atoms with E-state index in [2.05, 4.69) is 6.92 Å². The number of rotatable bonds is 12. The Labute approximate surface area is 168 Å². The highest BCUT2D eigenvalue weighted by atomic mass is 16.5. The average Bonchev–Trinajstić information content (AvgIpc) is 2.73. The second kappa shape index (κ2) is 12.2. The van der Waals surface area contributed by atoms with Crippen LogP contribution in [0, 0.1) is 0 Å². The minimum absolute atomic E-state index is 0.00800. The Morgan fingerprint density at radius 1 is 0.857 bits per heavy atom. The van der Waals surface area contributed by atoms with E-state index < -0.39 is 0 Å². The SMILES string of the molecule is CCCCCCCCOc1ccc(C(=O)Oc2ccc(C(C)OC)cc2)cc1. The summed E-state index contributed by atoms with van der Waals surface area (Å²) in [6.07, 6.45) is 7.43. The third-order valence-electron chi connectivity index (χ3n) is 4.77. The Kier molecular flexibility index (Phi) is 9.56. The summed E-state index contributed by atoms with van der Waals surface area (Å²) < 4.78 is 16.5. The zero-order valence-electron chi connectivity index (χ0n) is 17.3. The lowest BCUT2D eigenvalue weighted by atomic mass is 10.1. The fourth-order valence-corrected chi connectivity index (χ4v) is 2.87. The molecule has 28 heavy (non-hydrogen) atoms. The predicted octanol–water partition coefficient (Wildman–Crippen LogP) is 6.35. The summed E-state index contributed by atoms with van der Waals surface area (Å²) in [4.78, 5) is 12.3. The fourth-order valence-electron chi connectivity index (χ4n) is 2.87. The number of methoxy groups -OCH3 is 1. The standard InChI is InChI=1S/C24H32O4/c1-4-5-6-7-8-9-18-27-22-14-12-21(13-15-22)24(25)28-23-16-10-20(11-17-23)19(2)26-3/h10-17,19H,4-9,18H2,1-3H3. The zero-order chi connectivity index (χ0) is 20.2. The molecule has 2 aromatic rings. The van der Waals surface area contributed by atoms with Crippen LogP contribution in [0.3, 0.4) is 0 Å². The van der Waals surface area contributed by atoms with Crippen LogP contribution in [-0.4, -0.2) is 19.7 Å². The molecule has 0 radical (unpaired) electrons. The molecule has 0 aliphatic carbocycles. The molecule has 0 aliphatic heterocycles.